The number of fused-ring (bicyclic) bond motifs is 5. The first-order valence-electron chi connectivity index (χ1n) is 17.7. The van der Waals surface area contributed by atoms with Crippen LogP contribution in [0.15, 0.2) is 194 Å². The third-order valence-electron chi connectivity index (χ3n) is 10.3. The van der Waals surface area contributed by atoms with Crippen LogP contribution in [0.25, 0.3) is 99.2 Å². The first kappa shape index (κ1) is 30.0. The van der Waals surface area contributed by atoms with Crippen molar-refractivity contribution in [1.82, 2.24) is 9.97 Å². The molecule has 0 bridgehead atoms. The smallest absolute Gasteiger partial charge is 0.160 e. The maximum Gasteiger partial charge on any atom is 0.160 e. The van der Waals surface area contributed by atoms with Gasteiger partial charge in [0.2, 0.25) is 0 Å². The number of nitrogens with zero attached hydrogens (tertiary/aromatic N) is 2. The molecule has 0 atom stereocenters. The van der Waals surface area contributed by atoms with Crippen LogP contribution in [0.2, 0.25) is 0 Å². The summed E-state index contributed by atoms with van der Waals surface area (Å²) in [6.45, 7) is 0. The molecule has 52 heavy (non-hydrogen) atoms. The fraction of sp³-hybridized carbons (Fsp3) is 0. The van der Waals surface area contributed by atoms with E-state index >= 15 is 0 Å². The van der Waals surface area contributed by atoms with Crippen molar-refractivity contribution >= 4 is 43.1 Å². The Hall–Kier alpha value is -6.90. The molecule has 0 saturated heterocycles. The molecule has 0 unspecified atom stereocenters. The molecule has 10 aromatic rings. The Morgan fingerprint density at radius 1 is 0.269 bits per heavy atom. The van der Waals surface area contributed by atoms with E-state index in [2.05, 4.69) is 176 Å². The van der Waals surface area contributed by atoms with E-state index in [4.69, 9.17) is 9.97 Å². The molecular weight excluding hydrogens is 629 g/mol. The average molecular weight is 661 g/mol. The molecular formula is C50H32N2. The predicted molar refractivity (Wildman–Crippen MR) is 219 cm³/mol. The van der Waals surface area contributed by atoms with Crippen LogP contribution >= 0.6 is 0 Å². The second kappa shape index (κ2) is 12.5. The van der Waals surface area contributed by atoms with E-state index < -0.39 is 0 Å². The van der Waals surface area contributed by atoms with E-state index in [0.717, 1.165) is 39.2 Å². The van der Waals surface area contributed by atoms with E-state index in [1.807, 2.05) is 18.2 Å². The fourth-order valence-electron chi connectivity index (χ4n) is 7.70. The van der Waals surface area contributed by atoms with Gasteiger partial charge in [-0.25, -0.2) is 9.97 Å². The molecule has 10 rings (SSSR count). The zero-order valence-electron chi connectivity index (χ0n) is 28.4. The summed E-state index contributed by atoms with van der Waals surface area (Å²) < 4.78 is 0. The van der Waals surface area contributed by atoms with Gasteiger partial charge in [-0.1, -0.05) is 176 Å². The van der Waals surface area contributed by atoms with Gasteiger partial charge in [0.15, 0.2) is 5.82 Å². The van der Waals surface area contributed by atoms with E-state index in [1.165, 1.54) is 54.2 Å². The number of benzene rings is 9. The third kappa shape index (κ3) is 5.21. The lowest BCUT2D eigenvalue weighted by molar-refractivity contribution is 1.18. The quantitative estimate of drug-likeness (QED) is 0.136. The van der Waals surface area contributed by atoms with E-state index in [9.17, 15) is 0 Å². The van der Waals surface area contributed by atoms with Gasteiger partial charge in [0, 0.05) is 16.7 Å². The van der Waals surface area contributed by atoms with Gasteiger partial charge in [-0.2, -0.15) is 0 Å². The normalized spacial score (nSPS) is 11.5. The standard InChI is InChI=1S/C50H32N2/c1-2-14-37(15-3-1)50-51-47(32-48(52-50)44-21-11-10-19-42(44)40-27-22-33-12-4-5-16-38(33)30-40)35-23-25-36(26-24-35)49-43-20-9-7-17-39(43)31-46-41-18-8-6-13-34(41)28-29-45(46)49/h1-32H. The number of hydrogen-bond donors (Lipinski definition) is 0. The molecule has 2 nitrogen and oxygen atoms in total. The molecule has 0 fully saturated rings. The van der Waals surface area contributed by atoms with Gasteiger partial charge in [0.1, 0.15) is 0 Å². The van der Waals surface area contributed by atoms with Crippen molar-refractivity contribution < 1.29 is 0 Å². The Labute approximate surface area is 302 Å². The van der Waals surface area contributed by atoms with Crippen LogP contribution in [-0.2, 0) is 0 Å². The zero-order valence-corrected chi connectivity index (χ0v) is 28.4. The molecule has 0 spiro atoms. The van der Waals surface area contributed by atoms with Gasteiger partial charge in [-0.3, -0.25) is 0 Å². The van der Waals surface area contributed by atoms with Crippen molar-refractivity contribution in [3.63, 3.8) is 0 Å². The van der Waals surface area contributed by atoms with Gasteiger partial charge in [-0.15, -0.1) is 0 Å². The maximum absolute atomic E-state index is 5.20. The van der Waals surface area contributed by atoms with Gasteiger partial charge in [-0.05, 0) is 83.5 Å². The van der Waals surface area contributed by atoms with Crippen LogP contribution in [-0.4, -0.2) is 9.97 Å². The van der Waals surface area contributed by atoms with Crippen LogP contribution in [0.1, 0.15) is 0 Å². The number of aromatic nitrogens is 2. The second-order valence-corrected chi connectivity index (χ2v) is 13.4. The fourth-order valence-corrected chi connectivity index (χ4v) is 7.70. The summed E-state index contributed by atoms with van der Waals surface area (Å²) in [5.41, 5.74) is 9.62. The first-order chi connectivity index (χ1) is 25.8. The zero-order chi connectivity index (χ0) is 34.4. The monoisotopic (exact) mass is 660 g/mol. The highest BCUT2D eigenvalue weighted by molar-refractivity contribution is 6.20. The summed E-state index contributed by atoms with van der Waals surface area (Å²) in [6, 6.07) is 69.3. The molecule has 0 aliphatic heterocycles. The summed E-state index contributed by atoms with van der Waals surface area (Å²) >= 11 is 0. The largest absolute Gasteiger partial charge is 0.228 e. The maximum atomic E-state index is 5.20. The highest BCUT2D eigenvalue weighted by Crippen LogP contribution is 2.40. The molecule has 242 valence electrons. The van der Waals surface area contributed by atoms with Crippen LogP contribution in [0, 0.1) is 0 Å². The van der Waals surface area contributed by atoms with Crippen molar-refractivity contribution in [2.75, 3.05) is 0 Å². The van der Waals surface area contributed by atoms with Gasteiger partial charge in [0.25, 0.3) is 0 Å². The van der Waals surface area contributed by atoms with Crippen LogP contribution in [0.5, 0.6) is 0 Å². The number of rotatable bonds is 5. The molecule has 1 aromatic heterocycles. The van der Waals surface area contributed by atoms with Crippen LogP contribution < -0.4 is 0 Å². The summed E-state index contributed by atoms with van der Waals surface area (Å²) in [4.78, 5) is 10.4. The van der Waals surface area contributed by atoms with Gasteiger partial charge < -0.3 is 0 Å². The third-order valence-corrected chi connectivity index (χ3v) is 10.3. The van der Waals surface area contributed by atoms with Crippen LogP contribution in [0.3, 0.4) is 0 Å². The Balaban J connectivity index is 1.13. The Morgan fingerprint density at radius 3 is 1.69 bits per heavy atom. The van der Waals surface area contributed by atoms with E-state index in [0.29, 0.717) is 5.82 Å². The van der Waals surface area contributed by atoms with Crippen molar-refractivity contribution in [3.8, 4) is 56.2 Å². The van der Waals surface area contributed by atoms with Crippen molar-refractivity contribution in [2.24, 2.45) is 0 Å². The van der Waals surface area contributed by atoms with Gasteiger partial charge in [0.05, 0.1) is 11.4 Å². The molecule has 0 aliphatic carbocycles. The molecule has 0 saturated carbocycles. The minimum atomic E-state index is 0.706. The van der Waals surface area contributed by atoms with Gasteiger partial charge >= 0.3 is 0 Å². The predicted octanol–water partition coefficient (Wildman–Crippen LogP) is 13.4. The highest BCUT2D eigenvalue weighted by atomic mass is 14.9. The Bertz CT molecular complexity index is 2940. The van der Waals surface area contributed by atoms with Crippen molar-refractivity contribution in [2.45, 2.75) is 0 Å². The lowest BCUT2D eigenvalue weighted by atomic mass is 9.89. The summed E-state index contributed by atoms with van der Waals surface area (Å²) in [7, 11) is 0. The molecule has 0 aliphatic rings. The Kier molecular flexibility index (Phi) is 7.18. The van der Waals surface area contributed by atoms with Crippen LogP contribution in [0.4, 0.5) is 0 Å². The van der Waals surface area contributed by atoms with E-state index in [1.54, 1.807) is 0 Å². The summed E-state index contributed by atoms with van der Waals surface area (Å²) in [5, 5.41) is 9.99. The SMILES string of the molecule is c1ccc(-c2nc(-c3ccc(-c4c5ccccc5cc5c4ccc4ccccc45)cc3)cc(-c3ccccc3-c3ccc4ccccc4c3)n2)cc1. The lowest BCUT2D eigenvalue weighted by Gasteiger charge is -2.15. The Morgan fingerprint density at radius 2 is 0.865 bits per heavy atom. The van der Waals surface area contributed by atoms with E-state index in [-0.39, 0.29) is 0 Å². The highest BCUT2D eigenvalue weighted by Gasteiger charge is 2.16. The minimum Gasteiger partial charge on any atom is -0.228 e. The average Bonchev–Trinajstić information content (AvgIpc) is 3.23. The second-order valence-electron chi connectivity index (χ2n) is 13.4. The molecule has 9 aromatic carbocycles. The lowest BCUT2D eigenvalue weighted by Crippen LogP contribution is -1.97. The molecule has 1 heterocycles. The molecule has 2 heteroatoms. The summed E-state index contributed by atoms with van der Waals surface area (Å²) in [5.74, 6) is 0.706. The molecule has 0 N–H and O–H groups in total. The molecule has 0 amide bonds. The van der Waals surface area contributed by atoms with Crippen molar-refractivity contribution in [3.05, 3.63) is 194 Å². The topological polar surface area (TPSA) is 25.8 Å². The first-order valence-corrected chi connectivity index (χ1v) is 17.7. The minimum absolute atomic E-state index is 0.706. The van der Waals surface area contributed by atoms with Crippen molar-refractivity contribution in [1.29, 1.82) is 0 Å². The number of hydrogen-bond acceptors (Lipinski definition) is 2. The molecule has 0 radical (unpaired) electrons. The summed E-state index contributed by atoms with van der Waals surface area (Å²) in [6.07, 6.45) is 0.